The van der Waals surface area contributed by atoms with Crippen molar-refractivity contribution in [1.29, 1.82) is 0 Å². The summed E-state index contributed by atoms with van der Waals surface area (Å²) in [5, 5.41) is 1.25. The molecule has 1 aromatic rings. The van der Waals surface area contributed by atoms with Gasteiger partial charge in [0.05, 0.1) is 18.8 Å². The van der Waals surface area contributed by atoms with Crippen molar-refractivity contribution in [2.75, 3.05) is 13.1 Å². The molecule has 1 heterocycles. The minimum atomic E-state index is -0.495. The summed E-state index contributed by atoms with van der Waals surface area (Å²) in [4.78, 5) is 13.8. The number of nitrogens with zero attached hydrogens (tertiary/aromatic N) is 1. The molecule has 0 spiro atoms. The van der Waals surface area contributed by atoms with Gasteiger partial charge >= 0.3 is 6.09 Å². The first-order valence-corrected chi connectivity index (χ1v) is 8.39. The highest BCUT2D eigenvalue weighted by Gasteiger charge is 2.38. The van der Waals surface area contributed by atoms with E-state index in [2.05, 4.69) is 0 Å². The van der Waals surface area contributed by atoms with Crippen LogP contribution in [0.15, 0.2) is 18.2 Å². The van der Waals surface area contributed by atoms with Crippen LogP contribution in [0.3, 0.4) is 0 Å². The SMILES string of the molecule is CC(C)(C)OC(=O)N1CCC(C)(OCc2cc(Cl)ccc2Cl)C1. The highest BCUT2D eigenvalue weighted by Crippen LogP contribution is 2.29. The standard InChI is InChI=1S/C17H23Cl2NO3/c1-16(2,3)23-15(21)20-8-7-17(4,11-20)22-10-12-9-13(18)5-6-14(12)19/h5-6,9H,7-8,10-11H2,1-4H3. The zero-order chi connectivity index (χ0) is 17.3. The van der Waals surface area contributed by atoms with E-state index in [0.717, 1.165) is 12.0 Å². The van der Waals surface area contributed by atoms with Crippen molar-refractivity contribution in [1.82, 2.24) is 4.90 Å². The predicted molar refractivity (Wildman–Crippen MR) is 92.1 cm³/mol. The minimum Gasteiger partial charge on any atom is -0.444 e. The van der Waals surface area contributed by atoms with Crippen LogP contribution in [0.25, 0.3) is 0 Å². The van der Waals surface area contributed by atoms with Crippen molar-refractivity contribution >= 4 is 29.3 Å². The van der Waals surface area contributed by atoms with Gasteiger partial charge in [0.25, 0.3) is 0 Å². The van der Waals surface area contributed by atoms with E-state index >= 15 is 0 Å². The third-order valence-corrected chi connectivity index (χ3v) is 4.28. The van der Waals surface area contributed by atoms with Gasteiger partial charge in [0.15, 0.2) is 0 Å². The predicted octanol–water partition coefficient (Wildman–Crippen LogP) is 4.91. The molecule has 0 N–H and O–H groups in total. The summed E-state index contributed by atoms with van der Waals surface area (Å²) in [5.41, 5.74) is -0.0653. The topological polar surface area (TPSA) is 38.8 Å². The maximum Gasteiger partial charge on any atom is 0.410 e. The number of hydrogen-bond donors (Lipinski definition) is 0. The van der Waals surface area contributed by atoms with Crippen LogP contribution in [0.2, 0.25) is 10.0 Å². The first kappa shape index (κ1) is 18.4. The van der Waals surface area contributed by atoms with E-state index in [9.17, 15) is 4.79 Å². The summed E-state index contributed by atoms with van der Waals surface area (Å²) in [6.45, 7) is 9.05. The van der Waals surface area contributed by atoms with E-state index in [0.29, 0.717) is 29.7 Å². The highest BCUT2D eigenvalue weighted by molar-refractivity contribution is 6.33. The van der Waals surface area contributed by atoms with Gasteiger partial charge in [0.2, 0.25) is 0 Å². The Labute approximate surface area is 147 Å². The Balaban J connectivity index is 1.94. The smallest absolute Gasteiger partial charge is 0.410 e. The van der Waals surface area contributed by atoms with Crippen molar-refractivity contribution in [3.63, 3.8) is 0 Å². The van der Waals surface area contributed by atoms with Crippen LogP contribution in [0, 0.1) is 0 Å². The third-order valence-electron chi connectivity index (χ3n) is 3.67. The first-order valence-electron chi connectivity index (χ1n) is 7.64. The molecule has 1 atom stereocenters. The van der Waals surface area contributed by atoms with Gasteiger partial charge in [-0.2, -0.15) is 0 Å². The fraction of sp³-hybridized carbons (Fsp3) is 0.588. The van der Waals surface area contributed by atoms with Crippen LogP contribution in [-0.4, -0.2) is 35.3 Å². The van der Waals surface area contributed by atoms with Crippen LogP contribution in [0.5, 0.6) is 0 Å². The lowest BCUT2D eigenvalue weighted by Crippen LogP contribution is -2.39. The summed E-state index contributed by atoms with van der Waals surface area (Å²) in [6, 6.07) is 5.30. The molecular formula is C17H23Cl2NO3. The minimum absolute atomic E-state index is 0.300. The van der Waals surface area contributed by atoms with Crippen molar-refractivity contribution < 1.29 is 14.3 Å². The monoisotopic (exact) mass is 359 g/mol. The number of benzene rings is 1. The number of halogens is 2. The summed E-state index contributed by atoms with van der Waals surface area (Å²) >= 11 is 12.1. The molecule has 1 amide bonds. The molecule has 6 heteroatoms. The quantitative estimate of drug-likeness (QED) is 0.769. The Morgan fingerprint density at radius 2 is 2.04 bits per heavy atom. The lowest BCUT2D eigenvalue weighted by atomic mass is 10.1. The number of carbonyl (C=O) groups excluding carboxylic acids is 1. The number of hydrogen-bond acceptors (Lipinski definition) is 3. The van der Waals surface area contributed by atoms with Crippen LogP contribution in [0.1, 0.15) is 39.7 Å². The molecule has 1 aromatic carbocycles. The first-order chi connectivity index (χ1) is 10.6. The van der Waals surface area contributed by atoms with E-state index in [4.69, 9.17) is 32.7 Å². The summed E-state index contributed by atoms with van der Waals surface area (Å²) < 4.78 is 11.4. The molecule has 1 aliphatic heterocycles. The van der Waals surface area contributed by atoms with Gasteiger partial charge in [-0.25, -0.2) is 4.79 Å². The second-order valence-corrected chi connectivity index (χ2v) is 7.97. The molecule has 1 aliphatic rings. The number of likely N-dealkylation sites (tertiary alicyclic amines) is 1. The second kappa shape index (κ2) is 6.88. The molecular weight excluding hydrogens is 337 g/mol. The summed E-state index contributed by atoms with van der Waals surface area (Å²) in [7, 11) is 0. The molecule has 4 nitrogen and oxygen atoms in total. The average molecular weight is 360 g/mol. The lowest BCUT2D eigenvalue weighted by molar-refractivity contribution is -0.0374. The lowest BCUT2D eigenvalue weighted by Gasteiger charge is -2.27. The summed E-state index contributed by atoms with van der Waals surface area (Å²) in [5.74, 6) is 0. The molecule has 1 fully saturated rings. The molecule has 0 bridgehead atoms. The Morgan fingerprint density at radius 1 is 1.35 bits per heavy atom. The Bertz CT molecular complexity index is 586. The van der Waals surface area contributed by atoms with E-state index < -0.39 is 11.2 Å². The maximum absolute atomic E-state index is 12.1. The van der Waals surface area contributed by atoms with Crippen molar-refractivity contribution in [3.8, 4) is 0 Å². The van der Waals surface area contributed by atoms with E-state index in [1.165, 1.54) is 0 Å². The van der Waals surface area contributed by atoms with E-state index in [1.54, 1.807) is 23.1 Å². The Kier molecular flexibility index (Phi) is 5.49. The largest absolute Gasteiger partial charge is 0.444 e. The van der Waals surface area contributed by atoms with E-state index in [1.807, 2.05) is 27.7 Å². The molecule has 1 unspecified atom stereocenters. The van der Waals surface area contributed by atoms with Crippen LogP contribution in [0.4, 0.5) is 4.79 Å². The zero-order valence-corrected chi connectivity index (χ0v) is 15.5. The molecule has 1 saturated heterocycles. The van der Waals surface area contributed by atoms with Crippen LogP contribution >= 0.6 is 23.2 Å². The van der Waals surface area contributed by atoms with Crippen molar-refractivity contribution in [2.45, 2.75) is 51.9 Å². The molecule has 0 radical (unpaired) electrons. The zero-order valence-electron chi connectivity index (χ0n) is 14.0. The van der Waals surface area contributed by atoms with Gasteiger partial charge in [-0.15, -0.1) is 0 Å². The van der Waals surface area contributed by atoms with Crippen LogP contribution in [-0.2, 0) is 16.1 Å². The summed E-state index contributed by atoms with van der Waals surface area (Å²) in [6.07, 6.45) is 0.454. The Morgan fingerprint density at radius 3 is 2.70 bits per heavy atom. The molecule has 0 saturated carbocycles. The highest BCUT2D eigenvalue weighted by atomic mass is 35.5. The van der Waals surface area contributed by atoms with Gasteiger partial charge in [0, 0.05) is 16.6 Å². The molecule has 0 aliphatic carbocycles. The number of rotatable bonds is 3. The van der Waals surface area contributed by atoms with Crippen molar-refractivity contribution in [3.05, 3.63) is 33.8 Å². The van der Waals surface area contributed by atoms with Gasteiger partial charge in [-0.1, -0.05) is 23.2 Å². The van der Waals surface area contributed by atoms with Gasteiger partial charge < -0.3 is 14.4 Å². The molecule has 2 rings (SSSR count). The fourth-order valence-electron chi connectivity index (χ4n) is 2.44. The van der Waals surface area contributed by atoms with Gasteiger partial charge in [-0.3, -0.25) is 0 Å². The van der Waals surface area contributed by atoms with Crippen molar-refractivity contribution in [2.24, 2.45) is 0 Å². The van der Waals surface area contributed by atoms with Crippen LogP contribution < -0.4 is 0 Å². The number of ether oxygens (including phenoxy) is 2. The maximum atomic E-state index is 12.1. The number of carbonyl (C=O) groups is 1. The average Bonchev–Trinajstić information content (AvgIpc) is 2.81. The normalized spacial score (nSPS) is 21.6. The molecule has 0 aromatic heterocycles. The van der Waals surface area contributed by atoms with Gasteiger partial charge in [0.1, 0.15) is 5.60 Å². The Hall–Kier alpha value is -0.970. The van der Waals surface area contributed by atoms with E-state index in [-0.39, 0.29) is 6.09 Å². The second-order valence-electron chi connectivity index (χ2n) is 7.13. The third kappa shape index (κ3) is 5.27. The molecule has 23 heavy (non-hydrogen) atoms. The van der Waals surface area contributed by atoms with Gasteiger partial charge in [-0.05, 0) is 57.9 Å². The fourth-order valence-corrected chi connectivity index (χ4v) is 2.81. The molecule has 128 valence electrons. The number of amides is 1.